The average Bonchev–Trinajstić information content (AvgIpc) is 2.83. The number of hydrazone groups is 1. The van der Waals surface area contributed by atoms with E-state index in [0.717, 1.165) is 24.3 Å². The van der Waals surface area contributed by atoms with Crippen LogP contribution in [0.3, 0.4) is 0 Å². The van der Waals surface area contributed by atoms with E-state index in [1.165, 1.54) is 5.56 Å². The van der Waals surface area contributed by atoms with Gasteiger partial charge in [0.25, 0.3) is 0 Å². The molecule has 0 radical (unpaired) electrons. The van der Waals surface area contributed by atoms with Crippen LogP contribution in [-0.2, 0) is 4.74 Å². The van der Waals surface area contributed by atoms with Crippen LogP contribution in [0.4, 0.5) is 11.5 Å². The van der Waals surface area contributed by atoms with Crippen LogP contribution in [0.15, 0.2) is 65.9 Å². The molecule has 1 fully saturated rings. The molecule has 8 heteroatoms. The summed E-state index contributed by atoms with van der Waals surface area (Å²) in [6.07, 6.45) is 3.47. The molecule has 1 aromatic carbocycles. The number of pyridine rings is 2. The van der Waals surface area contributed by atoms with Crippen molar-refractivity contribution < 1.29 is 14.2 Å². The number of benzene rings is 1. The Kier molecular flexibility index (Phi) is 7.49. The first-order valence-corrected chi connectivity index (χ1v) is 10.6. The van der Waals surface area contributed by atoms with Gasteiger partial charge in [0.2, 0.25) is 11.8 Å². The molecule has 1 aliphatic heterocycles. The Bertz CT molecular complexity index is 1020. The summed E-state index contributed by atoms with van der Waals surface area (Å²) < 4.78 is 16.9. The second-order valence-electron chi connectivity index (χ2n) is 7.30. The molecule has 0 atom stereocenters. The highest BCUT2D eigenvalue weighted by molar-refractivity contribution is 5.80. The molecule has 32 heavy (non-hydrogen) atoms. The van der Waals surface area contributed by atoms with E-state index in [2.05, 4.69) is 44.5 Å². The van der Waals surface area contributed by atoms with Crippen molar-refractivity contribution in [2.45, 2.75) is 6.92 Å². The Balaban J connectivity index is 1.42. The van der Waals surface area contributed by atoms with Crippen molar-refractivity contribution in [3.8, 4) is 11.8 Å². The number of aryl methyl sites for hydroxylation is 1. The number of rotatable bonds is 9. The molecule has 0 unspecified atom stereocenters. The van der Waals surface area contributed by atoms with Gasteiger partial charge in [-0.25, -0.2) is 4.98 Å². The highest BCUT2D eigenvalue weighted by atomic mass is 16.5. The molecule has 8 nitrogen and oxygen atoms in total. The molecule has 0 spiro atoms. The standard InChI is InChI=1S/C24H27N5O3/c1-19-5-4-6-20(15-19)18-26-28-22-16-21(29-9-11-30-12-10-29)17-24(27-22)32-14-13-31-23-7-2-3-8-25-23/h2-8,15-18H,9-14H2,1H3,(H,27,28)/b26-18+. The van der Waals surface area contributed by atoms with Crippen LogP contribution in [0.2, 0.25) is 0 Å². The zero-order chi connectivity index (χ0) is 22.0. The molecule has 4 rings (SSSR count). The third kappa shape index (κ3) is 6.42. The fraction of sp³-hybridized carbons (Fsp3) is 0.292. The van der Waals surface area contributed by atoms with E-state index in [1.807, 2.05) is 42.5 Å². The largest absolute Gasteiger partial charge is 0.474 e. The molecule has 3 aromatic rings. The smallest absolute Gasteiger partial charge is 0.217 e. The fourth-order valence-electron chi connectivity index (χ4n) is 3.28. The highest BCUT2D eigenvalue weighted by Crippen LogP contribution is 2.25. The second-order valence-corrected chi connectivity index (χ2v) is 7.30. The minimum atomic E-state index is 0.349. The predicted octanol–water partition coefficient (Wildman–Crippen LogP) is 3.53. The maximum atomic E-state index is 5.87. The summed E-state index contributed by atoms with van der Waals surface area (Å²) in [7, 11) is 0. The monoisotopic (exact) mass is 433 g/mol. The van der Waals surface area contributed by atoms with E-state index >= 15 is 0 Å². The first-order chi connectivity index (χ1) is 15.8. The quantitative estimate of drug-likeness (QED) is 0.314. The summed E-state index contributed by atoms with van der Waals surface area (Å²) in [5.41, 5.74) is 6.24. The SMILES string of the molecule is Cc1cccc(/C=N/Nc2cc(N3CCOCC3)cc(OCCOc3ccccn3)n2)c1. The van der Waals surface area contributed by atoms with Gasteiger partial charge in [0, 0.05) is 43.2 Å². The van der Waals surface area contributed by atoms with Crippen LogP contribution in [0.5, 0.6) is 11.8 Å². The van der Waals surface area contributed by atoms with Crippen LogP contribution in [-0.4, -0.2) is 55.7 Å². The number of ether oxygens (including phenoxy) is 3. The predicted molar refractivity (Wildman–Crippen MR) is 125 cm³/mol. The Hall–Kier alpha value is -3.65. The molecule has 0 saturated carbocycles. The third-order valence-electron chi connectivity index (χ3n) is 4.82. The average molecular weight is 434 g/mol. The molecule has 1 saturated heterocycles. The summed E-state index contributed by atoms with van der Waals surface area (Å²) in [6.45, 7) is 5.81. The summed E-state index contributed by atoms with van der Waals surface area (Å²) in [5.74, 6) is 1.68. The number of aromatic nitrogens is 2. The Morgan fingerprint density at radius 1 is 1.03 bits per heavy atom. The Morgan fingerprint density at radius 3 is 2.66 bits per heavy atom. The van der Waals surface area contributed by atoms with Crippen molar-refractivity contribution in [3.05, 3.63) is 71.9 Å². The topological polar surface area (TPSA) is 81.1 Å². The van der Waals surface area contributed by atoms with Crippen molar-refractivity contribution in [1.29, 1.82) is 0 Å². The van der Waals surface area contributed by atoms with Gasteiger partial charge in [0.15, 0.2) is 5.82 Å². The molecule has 166 valence electrons. The minimum Gasteiger partial charge on any atom is -0.474 e. The molecule has 1 aliphatic rings. The fourth-order valence-corrected chi connectivity index (χ4v) is 3.28. The molecular weight excluding hydrogens is 406 g/mol. The number of nitrogens with zero attached hydrogens (tertiary/aromatic N) is 4. The third-order valence-corrected chi connectivity index (χ3v) is 4.82. The van der Waals surface area contributed by atoms with Gasteiger partial charge in [-0.2, -0.15) is 10.1 Å². The zero-order valence-electron chi connectivity index (χ0n) is 18.1. The van der Waals surface area contributed by atoms with Gasteiger partial charge in [-0.05, 0) is 18.6 Å². The lowest BCUT2D eigenvalue weighted by Gasteiger charge is -2.29. The summed E-state index contributed by atoms with van der Waals surface area (Å²) in [5, 5.41) is 4.35. The summed E-state index contributed by atoms with van der Waals surface area (Å²) in [4.78, 5) is 10.9. The lowest BCUT2D eigenvalue weighted by Crippen LogP contribution is -2.36. The summed E-state index contributed by atoms with van der Waals surface area (Å²) >= 11 is 0. The second kappa shape index (κ2) is 11.1. The van der Waals surface area contributed by atoms with E-state index in [1.54, 1.807) is 12.4 Å². The Labute approximate surface area is 187 Å². The number of hydrogen-bond acceptors (Lipinski definition) is 8. The van der Waals surface area contributed by atoms with Gasteiger partial charge in [-0.1, -0.05) is 35.9 Å². The van der Waals surface area contributed by atoms with Gasteiger partial charge < -0.3 is 19.1 Å². The van der Waals surface area contributed by atoms with Crippen LogP contribution in [0, 0.1) is 6.92 Å². The van der Waals surface area contributed by atoms with E-state index in [0.29, 0.717) is 44.0 Å². The van der Waals surface area contributed by atoms with Crippen molar-refractivity contribution in [2.75, 3.05) is 49.8 Å². The van der Waals surface area contributed by atoms with Gasteiger partial charge in [0.1, 0.15) is 13.2 Å². The molecule has 0 aliphatic carbocycles. The van der Waals surface area contributed by atoms with Gasteiger partial charge in [-0.3, -0.25) is 5.43 Å². The minimum absolute atomic E-state index is 0.349. The van der Waals surface area contributed by atoms with E-state index in [-0.39, 0.29) is 0 Å². The lowest BCUT2D eigenvalue weighted by molar-refractivity contribution is 0.122. The van der Waals surface area contributed by atoms with E-state index in [9.17, 15) is 0 Å². The van der Waals surface area contributed by atoms with Crippen molar-refractivity contribution in [1.82, 2.24) is 9.97 Å². The maximum Gasteiger partial charge on any atom is 0.217 e. The summed E-state index contributed by atoms with van der Waals surface area (Å²) in [6, 6.07) is 17.6. The molecule has 0 bridgehead atoms. The van der Waals surface area contributed by atoms with Crippen molar-refractivity contribution >= 4 is 17.7 Å². The van der Waals surface area contributed by atoms with Gasteiger partial charge >= 0.3 is 0 Å². The number of hydrogen-bond donors (Lipinski definition) is 1. The number of morpholine rings is 1. The van der Waals surface area contributed by atoms with E-state index in [4.69, 9.17) is 14.2 Å². The van der Waals surface area contributed by atoms with Crippen LogP contribution >= 0.6 is 0 Å². The molecule has 0 amide bonds. The van der Waals surface area contributed by atoms with Crippen LogP contribution in [0.25, 0.3) is 0 Å². The normalized spacial score (nSPS) is 13.8. The maximum absolute atomic E-state index is 5.87. The number of nitrogens with one attached hydrogen (secondary N) is 1. The zero-order valence-corrected chi connectivity index (χ0v) is 18.1. The molecule has 2 aromatic heterocycles. The van der Waals surface area contributed by atoms with Crippen molar-refractivity contribution in [2.24, 2.45) is 5.10 Å². The van der Waals surface area contributed by atoms with Crippen molar-refractivity contribution in [3.63, 3.8) is 0 Å². The van der Waals surface area contributed by atoms with Crippen LogP contribution in [0.1, 0.15) is 11.1 Å². The van der Waals surface area contributed by atoms with Gasteiger partial charge in [0.05, 0.1) is 19.4 Å². The Morgan fingerprint density at radius 2 is 1.88 bits per heavy atom. The molecule has 3 heterocycles. The van der Waals surface area contributed by atoms with Crippen LogP contribution < -0.4 is 19.8 Å². The molecule has 1 N–H and O–H groups in total. The van der Waals surface area contributed by atoms with E-state index < -0.39 is 0 Å². The number of anilines is 2. The van der Waals surface area contributed by atoms with Gasteiger partial charge in [-0.15, -0.1) is 0 Å². The first kappa shape index (κ1) is 21.6. The first-order valence-electron chi connectivity index (χ1n) is 10.6. The lowest BCUT2D eigenvalue weighted by atomic mass is 10.2. The molecular formula is C24H27N5O3. The highest BCUT2D eigenvalue weighted by Gasteiger charge is 2.14.